The molecule has 0 heterocycles. The Morgan fingerprint density at radius 2 is 1.26 bits per heavy atom. The lowest BCUT2D eigenvalue weighted by Crippen LogP contribution is -2.49. The molecule has 0 saturated carbocycles. The van der Waals surface area contributed by atoms with Crippen molar-refractivity contribution in [1.82, 2.24) is 10.9 Å². The van der Waals surface area contributed by atoms with Gasteiger partial charge in [0.1, 0.15) is 18.3 Å². The summed E-state index contributed by atoms with van der Waals surface area (Å²) in [7, 11) is 0. The van der Waals surface area contributed by atoms with E-state index in [2.05, 4.69) is 10.9 Å². The van der Waals surface area contributed by atoms with Crippen LogP contribution in [0.1, 0.15) is 11.1 Å². The van der Waals surface area contributed by atoms with Crippen molar-refractivity contribution in [3.8, 4) is 5.75 Å². The first-order valence-corrected chi connectivity index (χ1v) is 7.44. The lowest BCUT2D eigenvalue weighted by molar-refractivity contribution is -0.112. The molecule has 2 atom stereocenters. The van der Waals surface area contributed by atoms with Crippen LogP contribution in [-0.4, -0.2) is 29.8 Å². The molecule has 0 unspecified atom stereocenters. The van der Waals surface area contributed by atoms with E-state index < -0.39 is 12.1 Å². The van der Waals surface area contributed by atoms with Crippen LogP contribution in [0.3, 0.4) is 0 Å². The van der Waals surface area contributed by atoms with Crippen LogP contribution in [-0.2, 0) is 22.4 Å². The highest BCUT2D eigenvalue weighted by atomic mass is 16.3. The third-order valence-corrected chi connectivity index (χ3v) is 3.47. The number of aldehydes is 2. The van der Waals surface area contributed by atoms with Gasteiger partial charge in [-0.25, -0.2) is 10.9 Å². The van der Waals surface area contributed by atoms with Crippen molar-refractivity contribution in [2.75, 3.05) is 0 Å². The van der Waals surface area contributed by atoms with Crippen molar-refractivity contribution in [1.29, 1.82) is 0 Å². The maximum Gasteiger partial charge on any atom is 0.138 e. The summed E-state index contributed by atoms with van der Waals surface area (Å²) in [6.07, 6.45) is 2.63. The van der Waals surface area contributed by atoms with Gasteiger partial charge in [0.25, 0.3) is 0 Å². The topological polar surface area (TPSA) is 78.4 Å². The summed E-state index contributed by atoms with van der Waals surface area (Å²) in [6.45, 7) is 0. The summed E-state index contributed by atoms with van der Waals surface area (Å²) in [5.41, 5.74) is 7.75. The van der Waals surface area contributed by atoms with E-state index in [0.29, 0.717) is 12.8 Å². The first-order valence-electron chi connectivity index (χ1n) is 7.44. The quantitative estimate of drug-likeness (QED) is 0.482. The number of hydrogen-bond acceptors (Lipinski definition) is 5. The Morgan fingerprint density at radius 1 is 0.783 bits per heavy atom. The zero-order valence-corrected chi connectivity index (χ0v) is 12.7. The fraction of sp³-hybridized carbons (Fsp3) is 0.222. The van der Waals surface area contributed by atoms with Crippen LogP contribution in [0.5, 0.6) is 5.75 Å². The molecule has 0 saturated heterocycles. The van der Waals surface area contributed by atoms with Crippen LogP contribution in [0.25, 0.3) is 0 Å². The Kier molecular flexibility index (Phi) is 6.47. The second-order valence-electron chi connectivity index (χ2n) is 5.33. The minimum atomic E-state index is -0.460. The van der Waals surface area contributed by atoms with Crippen LogP contribution in [0.15, 0.2) is 54.6 Å². The number of hydrogen-bond donors (Lipinski definition) is 3. The predicted molar refractivity (Wildman–Crippen MR) is 87.9 cm³/mol. The van der Waals surface area contributed by atoms with Gasteiger partial charge in [-0.3, -0.25) is 0 Å². The SMILES string of the molecule is O=C[C@H](Cc1ccccc1)NN[C@H](C=O)Cc1ccc(O)cc1. The highest BCUT2D eigenvalue weighted by Crippen LogP contribution is 2.10. The fourth-order valence-electron chi connectivity index (χ4n) is 2.23. The molecule has 2 rings (SSSR count). The maximum absolute atomic E-state index is 11.2. The molecule has 0 aromatic heterocycles. The smallest absolute Gasteiger partial charge is 0.138 e. The van der Waals surface area contributed by atoms with Crippen molar-refractivity contribution in [2.24, 2.45) is 0 Å². The molecule has 2 aromatic carbocycles. The molecule has 0 amide bonds. The Hall–Kier alpha value is -2.50. The Bertz CT molecular complexity index is 614. The van der Waals surface area contributed by atoms with Gasteiger partial charge in [0.15, 0.2) is 0 Å². The van der Waals surface area contributed by atoms with Crippen molar-refractivity contribution < 1.29 is 14.7 Å². The van der Waals surface area contributed by atoms with E-state index >= 15 is 0 Å². The number of nitrogens with one attached hydrogen (secondary N) is 2. The number of benzene rings is 2. The largest absolute Gasteiger partial charge is 0.508 e. The average Bonchev–Trinajstić information content (AvgIpc) is 2.60. The monoisotopic (exact) mass is 312 g/mol. The number of phenolic OH excluding ortho intramolecular Hbond substituents is 1. The van der Waals surface area contributed by atoms with E-state index in [1.807, 2.05) is 30.3 Å². The van der Waals surface area contributed by atoms with Gasteiger partial charge in [0.05, 0.1) is 12.1 Å². The third-order valence-electron chi connectivity index (χ3n) is 3.47. The Labute approximate surface area is 135 Å². The second-order valence-corrected chi connectivity index (χ2v) is 5.33. The van der Waals surface area contributed by atoms with E-state index in [0.717, 1.165) is 23.7 Å². The van der Waals surface area contributed by atoms with Gasteiger partial charge in [-0.15, -0.1) is 0 Å². The molecular formula is C18H20N2O3. The standard InChI is InChI=1S/C18H20N2O3/c21-12-16(10-14-4-2-1-3-5-14)19-20-17(13-22)11-15-6-8-18(23)9-7-15/h1-9,12-13,16-17,19-20,23H,10-11H2/t16-,17-/m0/s1. The molecule has 0 radical (unpaired) electrons. The molecule has 0 bridgehead atoms. The van der Waals surface area contributed by atoms with E-state index in [1.54, 1.807) is 24.3 Å². The predicted octanol–water partition coefficient (Wildman–Crippen LogP) is 1.41. The van der Waals surface area contributed by atoms with Crippen molar-refractivity contribution >= 4 is 12.6 Å². The minimum absolute atomic E-state index is 0.186. The zero-order chi connectivity index (χ0) is 16.5. The first kappa shape index (κ1) is 16.9. The number of aromatic hydroxyl groups is 1. The van der Waals surface area contributed by atoms with Gasteiger partial charge < -0.3 is 14.7 Å². The van der Waals surface area contributed by atoms with Gasteiger partial charge in [-0.2, -0.15) is 0 Å². The highest BCUT2D eigenvalue weighted by Gasteiger charge is 2.12. The number of hydrazine groups is 1. The number of carbonyl (C=O) groups is 2. The van der Waals surface area contributed by atoms with Crippen LogP contribution < -0.4 is 10.9 Å². The molecule has 120 valence electrons. The van der Waals surface area contributed by atoms with Gasteiger partial charge in [-0.05, 0) is 36.1 Å². The summed E-state index contributed by atoms with van der Waals surface area (Å²) in [5.74, 6) is 0.186. The lowest BCUT2D eigenvalue weighted by Gasteiger charge is -2.18. The van der Waals surface area contributed by atoms with E-state index in [9.17, 15) is 14.7 Å². The van der Waals surface area contributed by atoms with Crippen molar-refractivity contribution in [3.05, 3.63) is 65.7 Å². The van der Waals surface area contributed by atoms with E-state index in [-0.39, 0.29) is 5.75 Å². The lowest BCUT2D eigenvalue weighted by atomic mass is 10.1. The molecular weight excluding hydrogens is 292 g/mol. The molecule has 0 aliphatic rings. The Balaban J connectivity index is 1.86. The minimum Gasteiger partial charge on any atom is -0.508 e. The van der Waals surface area contributed by atoms with Crippen LogP contribution in [0.4, 0.5) is 0 Å². The average molecular weight is 312 g/mol. The number of carbonyl (C=O) groups excluding carboxylic acids is 2. The molecule has 0 fully saturated rings. The fourth-order valence-corrected chi connectivity index (χ4v) is 2.23. The normalized spacial score (nSPS) is 13.2. The summed E-state index contributed by atoms with van der Waals surface area (Å²) < 4.78 is 0. The summed E-state index contributed by atoms with van der Waals surface area (Å²) in [4.78, 5) is 22.4. The van der Waals surface area contributed by atoms with Crippen molar-refractivity contribution in [3.63, 3.8) is 0 Å². The van der Waals surface area contributed by atoms with Gasteiger partial charge in [0.2, 0.25) is 0 Å². The molecule has 0 spiro atoms. The third kappa shape index (κ3) is 5.65. The van der Waals surface area contributed by atoms with Crippen molar-refractivity contribution in [2.45, 2.75) is 24.9 Å². The molecule has 5 nitrogen and oxygen atoms in total. The molecule has 5 heteroatoms. The van der Waals surface area contributed by atoms with Gasteiger partial charge in [-0.1, -0.05) is 42.5 Å². The van der Waals surface area contributed by atoms with Crippen LogP contribution in [0.2, 0.25) is 0 Å². The molecule has 23 heavy (non-hydrogen) atoms. The van der Waals surface area contributed by atoms with Gasteiger partial charge in [0, 0.05) is 0 Å². The van der Waals surface area contributed by atoms with E-state index in [1.165, 1.54) is 0 Å². The zero-order valence-electron chi connectivity index (χ0n) is 12.7. The van der Waals surface area contributed by atoms with E-state index in [4.69, 9.17) is 0 Å². The molecule has 0 aliphatic heterocycles. The molecule has 0 aliphatic carbocycles. The molecule has 2 aromatic rings. The summed E-state index contributed by atoms with van der Waals surface area (Å²) in [5, 5.41) is 9.26. The maximum atomic E-state index is 11.2. The van der Waals surface area contributed by atoms with Gasteiger partial charge >= 0.3 is 0 Å². The van der Waals surface area contributed by atoms with Crippen LogP contribution >= 0.6 is 0 Å². The first-order chi connectivity index (χ1) is 11.2. The number of phenols is 1. The summed E-state index contributed by atoms with van der Waals surface area (Å²) in [6, 6.07) is 15.5. The highest BCUT2D eigenvalue weighted by molar-refractivity contribution is 5.60. The Morgan fingerprint density at radius 3 is 1.74 bits per heavy atom. The molecule has 3 N–H and O–H groups in total. The summed E-state index contributed by atoms with van der Waals surface area (Å²) >= 11 is 0. The van der Waals surface area contributed by atoms with Crippen LogP contribution in [0, 0.1) is 0 Å². The second kappa shape index (κ2) is 8.82. The number of rotatable bonds is 9.